The molecule has 0 unspecified atom stereocenters. The summed E-state index contributed by atoms with van der Waals surface area (Å²) in [4.78, 5) is 37.1. The van der Waals surface area contributed by atoms with Crippen LogP contribution in [0.15, 0.2) is 46.7 Å². The molecule has 0 saturated carbocycles. The summed E-state index contributed by atoms with van der Waals surface area (Å²) >= 11 is 4.31. The van der Waals surface area contributed by atoms with Gasteiger partial charge < -0.3 is 29.6 Å². The number of ether oxygens (including phenoxy) is 4. The van der Waals surface area contributed by atoms with Crippen LogP contribution < -0.4 is 30.3 Å². The smallest absolute Gasteiger partial charge is 0.338 e. The van der Waals surface area contributed by atoms with Crippen LogP contribution in [0.25, 0.3) is 0 Å². The van der Waals surface area contributed by atoms with Crippen molar-refractivity contribution in [1.82, 2.24) is 16.1 Å². The van der Waals surface area contributed by atoms with Gasteiger partial charge in [0.05, 0.1) is 35.1 Å². The number of rotatable bonds is 11. The fourth-order valence-corrected chi connectivity index (χ4v) is 5.74. The number of methoxy groups -OCH3 is 1. The lowest BCUT2D eigenvalue weighted by Crippen LogP contribution is -2.45. The number of benzene rings is 2. The van der Waals surface area contributed by atoms with Gasteiger partial charge in [-0.25, -0.2) is 15.0 Å². The molecule has 0 spiro atoms. The monoisotopic (exact) mass is 772 g/mol. The third-order valence-corrected chi connectivity index (χ3v) is 6.80. The van der Waals surface area contributed by atoms with E-state index >= 15 is 0 Å². The summed E-state index contributed by atoms with van der Waals surface area (Å²) in [6.45, 7) is 3.25. The number of amides is 3. The summed E-state index contributed by atoms with van der Waals surface area (Å²) in [7, 11) is 1.44. The summed E-state index contributed by atoms with van der Waals surface area (Å²) < 4.78 is 23.7. The molecule has 0 bridgehead atoms. The Hall–Kier alpha value is -3.52. The number of hydrazone groups is 1. The number of urea groups is 1. The Bertz CT molecular complexity index is 1400. The van der Waals surface area contributed by atoms with Crippen LogP contribution in [0.5, 0.6) is 17.2 Å². The van der Waals surface area contributed by atoms with Crippen LogP contribution in [0.1, 0.15) is 31.0 Å². The molecule has 0 fully saturated rings. The highest BCUT2D eigenvalue weighted by atomic mass is 127. The highest BCUT2D eigenvalue weighted by Crippen LogP contribution is 2.34. The van der Waals surface area contributed by atoms with E-state index in [0.29, 0.717) is 28.3 Å². The zero-order chi connectivity index (χ0) is 29.2. The second-order valence-corrected chi connectivity index (χ2v) is 10.5. The van der Waals surface area contributed by atoms with E-state index in [1.54, 1.807) is 32.0 Å². The topological polar surface area (TPSA) is 137 Å². The van der Waals surface area contributed by atoms with Gasteiger partial charge in [-0.05, 0) is 88.9 Å². The van der Waals surface area contributed by atoms with E-state index in [9.17, 15) is 14.4 Å². The van der Waals surface area contributed by atoms with Gasteiger partial charge in [-0.15, -0.1) is 6.42 Å². The average Bonchev–Trinajstić information content (AvgIpc) is 2.91. The maximum atomic E-state index is 12.6. The fraction of sp³-hybridized carbons (Fsp3) is 0.259. The summed E-state index contributed by atoms with van der Waals surface area (Å²) in [6, 6.07) is 7.41. The standard InChI is InChI=1S/C27H26I2N4O7/c1-5-9-39-25-17(10-18(28)12-19(25)29)13-30-33-22(34)14-40-20-8-7-16(11-21(20)37-4)24-23(26(35)38-6-2)15(3)31-27(36)32-24/h1,7-8,10-13,24H,6,9,14H2,2-4H3,(H,33,34)(H2,31,32,36)/b30-13+/t24-/m0/s1. The molecular weight excluding hydrogens is 746 g/mol. The van der Waals surface area contributed by atoms with E-state index in [4.69, 9.17) is 25.4 Å². The second-order valence-electron chi connectivity index (χ2n) is 8.08. The summed E-state index contributed by atoms with van der Waals surface area (Å²) in [5, 5.41) is 9.32. The van der Waals surface area contributed by atoms with Crippen molar-refractivity contribution in [3.63, 3.8) is 0 Å². The number of allylic oxidation sites excluding steroid dienone is 1. The lowest BCUT2D eigenvalue weighted by molar-refractivity contribution is -0.139. The number of hydrogen-bond donors (Lipinski definition) is 3. The maximum absolute atomic E-state index is 12.6. The zero-order valence-corrected chi connectivity index (χ0v) is 26.1. The summed E-state index contributed by atoms with van der Waals surface area (Å²) in [5.41, 5.74) is 4.29. The van der Waals surface area contributed by atoms with Gasteiger partial charge in [0.15, 0.2) is 18.1 Å². The Morgan fingerprint density at radius 2 is 1.98 bits per heavy atom. The maximum Gasteiger partial charge on any atom is 0.338 e. The van der Waals surface area contributed by atoms with Crippen molar-refractivity contribution in [3.05, 3.63) is 59.9 Å². The molecule has 0 saturated heterocycles. The Morgan fingerprint density at radius 3 is 2.67 bits per heavy atom. The van der Waals surface area contributed by atoms with Gasteiger partial charge in [-0.2, -0.15) is 5.10 Å². The molecule has 1 aliphatic rings. The van der Waals surface area contributed by atoms with Gasteiger partial charge in [0.1, 0.15) is 12.4 Å². The Labute approximate surface area is 258 Å². The highest BCUT2D eigenvalue weighted by Gasteiger charge is 2.32. The molecule has 11 nitrogen and oxygen atoms in total. The van der Waals surface area contributed by atoms with Crippen LogP contribution >= 0.6 is 45.2 Å². The predicted octanol–water partition coefficient (Wildman–Crippen LogP) is 3.64. The van der Waals surface area contributed by atoms with Gasteiger partial charge in [0.2, 0.25) is 0 Å². The Kier molecular flexibility index (Phi) is 11.4. The number of hydrogen-bond acceptors (Lipinski definition) is 8. The van der Waals surface area contributed by atoms with Crippen molar-refractivity contribution in [2.45, 2.75) is 19.9 Å². The van der Waals surface area contributed by atoms with Crippen LogP contribution in [-0.2, 0) is 14.3 Å². The lowest BCUT2D eigenvalue weighted by Gasteiger charge is -2.28. The van der Waals surface area contributed by atoms with Gasteiger partial charge in [0, 0.05) is 14.8 Å². The van der Waals surface area contributed by atoms with E-state index in [1.807, 2.05) is 12.1 Å². The summed E-state index contributed by atoms with van der Waals surface area (Å²) in [6.07, 6.45) is 6.77. The molecule has 210 valence electrons. The molecule has 3 N–H and O–H groups in total. The molecule has 0 aromatic heterocycles. The first kappa shape index (κ1) is 31.0. The first-order valence-corrected chi connectivity index (χ1v) is 14.0. The van der Waals surface area contributed by atoms with Crippen LogP contribution in [0.2, 0.25) is 0 Å². The molecule has 1 atom stereocenters. The van der Waals surface area contributed by atoms with Gasteiger partial charge >= 0.3 is 12.0 Å². The molecule has 3 amide bonds. The number of nitrogens with one attached hydrogen (secondary N) is 3. The van der Waals surface area contributed by atoms with Gasteiger partial charge in [0.25, 0.3) is 5.91 Å². The third-order valence-electron chi connectivity index (χ3n) is 5.37. The summed E-state index contributed by atoms with van der Waals surface area (Å²) in [5.74, 6) is 2.51. The van der Waals surface area contributed by atoms with Gasteiger partial charge in [-0.3, -0.25) is 4.79 Å². The van der Waals surface area contributed by atoms with E-state index < -0.39 is 23.9 Å². The number of esters is 1. The predicted molar refractivity (Wildman–Crippen MR) is 164 cm³/mol. The van der Waals surface area contributed by atoms with Crippen LogP contribution in [-0.4, -0.2) is 51.1 Å². The minimum Gasteiger partial charge on any atom is -0.493 e. The molecule has 2 aromatic carbocycles. The Balaban J connectivity index is 1.70. The van der Waals surface area contributed by atoms with Crippen LogP contribution in [0.4, 0.5) is 4.79 Å². The van der Waals surface area contributed by atoms with Crippen molar-refractivity contribution in [3.8, 4) is 29.6 Å². The Morgan fingerprint density at radius 1 is 1.20 bits per heavy atom. The van der Waals surface area contributed by atoms with Crippen molar-refractivity contribution in [2.24, 2.45) is 5.10 Å². The van der Waals surface area contributed by atoms with Crippen molar-refractivity contribution in [1.29, 1.82) is 0 Å². The van der Waals surface area contributed by atoms with E-state index in [-0.39, 0.29) is 31.1 Å². The largest absolute Gasteiger partial charge is 0.493 e. The average molecular weight is 772 g/mol. The lowest BCUT2D eigenvalue weighted by atomic mass is 9.95. The minimum atomic E-state index is -0.771. The third kappa shape index (κ3) is 8.01. The normalized spacial score (nSPS) is 14.6. The fourth-order valence-electron chi connectivity index (χ4n) is 3.70. The quantitative estimate of drug-likeness (QED) is 0.104. The number of halogens is 2. The molecule has 1 heterocycles. The molecule has 3 rings (SSSR count). The molecule has 40 heavy (non-hydrogen) atoms. The number of carbonyl (C=O) groups excluding carboxylic acids is 3. The molecule has 0 radical (unpaired) electrons. The van der Waals surface area contributed by atoms with Gasteiger partial charge in [-0.1, -0.05) is 12.0 Å². The number of nitrogens with zero attached hydrogens (tertiary/aromatic N) is 1. The number of carbonyl (C=O) groups is 3. The van der Waals surface area contributed by atoms with Crippen LogP contribution in [0, 0.1) is 19.5 Å². The highest BCUT2D eigenvalue weighted by molar-refractivity contribution is 14.1. The van der Waals surface area contributed by atoms with E-state index in [2.05, 4.69) is 72.3 Å². The zero-order valence-electron chi connectivity index (χ0n) is 21.8. The minimum absolute atomic E-state index is 0.0995. The molecule has 2 aromatic rings. The van der Waals surface area contributed by atoms with Crippen molar-refractivity contribution < 1.29 is 33.3 Å². The molecule has 1 aliphatic heterocycles. The second kappa shape index (κ2) is 14.7. The molecule has 13 heteroatoms. The van der Waals surface area contributed by atoms with E-state index in [1.165, 1.54) is 13.3 Å². The first-order valence-electron chi connectivity index (χ1n) is 11.8. The molecule has 0 aliphatic carbocycles. The number of terminal acetylenes is 1. The van der Waals surface area contributed by atoms with Crippen molar-refractivity contribution in [2.75, 3.05) is 26.9 Å². The van der Waals surface area contributed by atoms with E-state index in [0.717, 1.165) is 7.14 Å². The van der Waals surface area contributed by atoms with Crippen LogP contribution in [0.3, 0.4) is 0 Å². The SMILES string of the molecule is C#CCOc1c(I)cc(I)cc1/C=N/NC(=O)COc1ccc([C@@H]2NC(=O)NC(C)=C2C(=O)OCC)cc1OC. The molecular formula is C27H26I2N4O7. The van der Waals surface area contributed by atoms with Crippen molar-refractivity contribution >= 4 is 69.3 Å². The first-order chi connectivity index (χ1) is 19.2.